The Morgan fingerprint density at radius 3 is 2.61 bits per heavy atom. The molecule has 0 saturated carbocycles. The van der Waals surface area contributed by atoms with E-state index in [1.54, 1.807) is 11.3 Å². The van der Waals surface area contributed by atoms with E-state index in [2.05, 4.69) is 43.3 Å². The normalized spacial score (nSPS) is 12.2. The third-order valence-electron chi connectivity index (χ3n) is 2.82. The van der Waals surface area contributed by atoms with Gasteiger partial charge >= 0.3 is 0 Å². The van der Waals surface area contributed by atoms with Crippen molar-refractivity contribution in [2.45, 2.75) is 26.2 Å². The quantitative estimate of drug-likeness (QED) is 0.622. The molecule has 0 aliphatic carbocycles. The first-order chi connectivity index (χ1) is 8.54. The molecule has 3 aromatic rings. The smallest absolute Gasteiger partial charge is 0.154 e. The molecule has 2 heterocycles. The van der Waals surface area contributed by atoms with Gasteiger partial charge < -0.3 is 4.42 Å². The number of para-hydroxylation sites is 1. The van der Waals surface area contributed by atoms with Crippen molar-refractivity contribution in [1.29, 1.82) is 0 Å². The predicted octanol–water partition coefficient (Wildman–Crippen LogP) is 4.85. The Balaban J connectivity index is 2.06. The molecule has 2 nitrogen and oxygen atoms in total. The Morgan fingerprint density at radius 2 is 1.94 bits per heavy atom. The molecule has 0 atom stereocenters. The fraction of sp³-hybridized carbons (Fsp3) is 0.267. The van der Waals surface area contributed by atoms with Gasteiger partial charge in [-0.2, -0.15) is 0 Å². The van der Waals surface area contributed by atoms with Crippen LogP contribution < -0.4 is 0 Å². The van der Waals surface area contributed by atoms with Crippen LogP contribution in [0.2, 0.25) is 0 Å². The molecule has 0 fully saturated rings. The topological polar surface area (TPSA) is 26.0 Å². The van der Waals surface area contributed by atoms with E-state index < -0.39 is 0 Å². The van der Waals surface area contributed by atoms with Gasteiger partial charge in [-0.05, 0) is 12.1 Å². The molecule has 92 valence electrons. The van der Waals surface area contributed by atoms with E-state index in [1.807, 2.05) is 18.2 Å². The number of hydrogen-bond acceptors (Lipinski definition) is 3. The SMILES string of the molecule is CC(C)(C)c1nc(-c2cc3ccccc3o2)cs1. The Hall–Kier alpha value is -1.61. The molecule has 0 amide bonds. The highest BCUT2D eigenvalue weighted by atomic mass is 32.1. The van der Waals surface area contributed by atoms with E-state index in [9.17, 15) is 0 Å². The van der Waals surface area contributed by atoms with Crippen molar-refractivity contribution in [2.75, 3.05) is 0 Å². The number of hydrogen-bond donors (Lipinski definition) is 0. The standard InChI is InChI=1S/C15H15NOS/c1-15(2,3)14-16-11(9-18-14)13-8-10-6-4-5-7-12(10)17-13/h4-9H,1-3H3. The van der Waals surface area contributed by atoms with E-state index in [0.29, 0.717) is 0 Å². The van der Waals surface area contributed by atoms with Gasteiger partial charge in [-0.15, -0.1) is 11.3 Å². The lowest BCUT2D eigenvalue weighted by Crippen LogP contribution is -2.10. The van der Waals surface area contributed by atoms with Gasteiger partial charge in [0.15, 0.2) is 5.76 Å². The fourth-order valence-corrected chi connectivity index (χ4v) is 2.74. The largest absolute Gasteiger partial charge is 0.454 e. The van der Waals surface area contributed by atoms with Crippen LogP contribution in [0.1, 0.15) is 25.8 Å². The molecule has 0 radical (unpaired) electrons. The first kappa shape index (κ1) is 11.5. The average molecular weight is 257 g/mol. The van der Waals surface area contributed by atoms with Gasteiger partial charge in [0.25, 0.3) is 0 Å². The summed E-state index contributed by atoms with van der Waals surface area (Å²) in [6, 6.07) is 10.1. The fourth-order valence-electron chi connectivity index (χ4n) is 1.84. The zero-order valence-corrected chi connectivity index (χ0v) is 11.5. The summed E-state index contributed by atoms with van der Waals surface area (Å²) in [5, 5.41) is 4.33. The monoisotopic (exact) mass is 257 g/mol. The van der Waals surface area contributed by atoms with Crippen molar-refractivity contribution in [2.24, 2.45) is 0 Å². The van der Waals surface area contributed by atoms with Crippen molar-refractivity contribution in [1.82, 2.24) is 4.98 Å². The second-order valence-corrected chi connectivity index (χ2v) is 6.29. The molecule has 0 saturated heterocycles. The number of rotatable bonds is 1. The van der Waals surface area contributed by atoms with Crippen LogP contribution in [-0.4, -0.2) is 4.98 Å². The summed E-state index contributed by atoms with van der Waals surface area (Å²) in [7, 11) is 0. The highest BCUT2D eigenvalue weighted by molar-refractivity contribution is 7.10. The van der Waals surface area contributed by atoms with Gasteiger partial charge in [0.2, 0.25) is 0 Å². The second kappa shape index (κ2) is 3.95. The lowest BCUT2D eigenvalue weighted by atomic mass is 9.98. The van der Waals surface area contributed by atoms with Crippen LogP contribution in [0.3, 0.4) is 0 Å². The highest BCUT2D eigenvalue weighted by Gasteiger charge is 2.19. The molecular formula is C15H15NOS. The summed E-state index contributed by atoms with van der Waals surface area (Å²) in [6.45, 7) is 6.52. The van der Waals surface area contributed by atoms with Crippen molar-refractivity contribution >= 4 is 22.3 Å². The van der Waals surface area contributed by atoms with Crippen molar-refractivity contribution < 1.29 is 4.42 Å². The minimum absolute atomic E-state index is 0.0922. The second-order valence-electron chi connectivity index (χ2n) is 5.44. The van der Waals surface area contributed by atoms with E-state index in [1.165, 1.54) is 0 Å². The molecule has 0 aliphatic heterocycles. The van der Waals surface area contributed by atoms with Gasteiger partial charge in [0.05, 0.1) is 5.01 Å². The summed E-state index contributed by atoms with van der Waals surface area (Å²) < 4.78 is 5.82. The molecule has 3 heteroatoms. The maximum absolute atomic E-state index is 5.82. The molecule has 0 spiro atoms. The zero-order valence-electron chi connectivity index (χ0n) is 10.7. The molecule has 0 bridgehead atoms. The Labute approximate surface area is 110 Å². The predicted molar refractivity (Wildman–Crippen MR) is 76.0 cm³/mol. The molecule has 0 N–H and O–H groups in total. The molecule has 0 aliphatic rings. The van der Waals surface area contributed by atoms with E-state index >= 15 is 0 Å². The molecule has 3 rings (SSSR count). The first-order valence-electron chi connectivity index (χ1n) is 5.99. The van der Waals surface area contributed by atoms with Gasteiger partial charge in [0.1, 0.15) is 11.3 Å². The van der Waals surface area contributed by atoms with Gasteiger partial charge in [0, 0.05) is 16.2 Å². The van der Waals surface area contributed by atoms with Gasteiger partial charge in [-0.25, -0.2) is 4.98 Å². The van der Waals surface area contributed by atoms with Crippen LogP contribution >= 0.6 is 11.3 Å². The molecule has 1 aromatic carbocycles. The maximum Gasteiger partial charge on any atom is 0.154 e. The first-order valence-corrected chi connectivity index (χ1v) is 6.87. The minimum Gasteiger partial charge on any atom is -0.454 e. The summed E-state index contributed by atoms with van der Waals surface area (Å²) in [5.41, 5.74) is 1.94. The van der Waals surface area contributed by atoms with E-state index in [4.69, 9.17) is 4.42 Å². The van der Waals surface area contributed by atoms with Crippen LogP contribution in [0.25, 0.3) is 22.4 Å². The Bertz CT molecular complexity index is 655. The van der Waals surface area contributed by atoms with Crippen LogP contribution in [0, 0.1) is 0 Å². The molecular weight excluding hydrogens is 242 g/mol. The third-order valence-corrected chi connectivity index (χ3v) is 4.09. The lowest BCUT2D eigenvalue weighted by molar-refractivity contribution is 0.583. The van der Waals surface area contributed by atoms with Crippen LogP contribution in [0.15, 0.2) is 40.1 Å². The number of furan rings is 1. The Kier molecular flexibility index (Phi) is 2.52. The summed E-state index contributed by atoms with van der Waals surface area (Å²) >= 11 is 1.69. The number of aromatic nitrogens is 1. The molecule has 0 unspecified atom stereocenters. The van der Waals surface area contributed by atoms with Crippen molar-refractivity contribution in [3.05, 3.63) is 40.7 Å². The van der Waals surface area contributed by atoms with Crippen LogP contribution in [0.5, 0.6) is 0 Å². The highest BCUT2D eigenvalue weighted by Crippen LogP contribution is 2.32. The number of thiazole rings is 1. The van der Waals surface area contributed by atoms with E-state index in [0.717, 1.165) is 27.4 Å². The van der Waals surface area contributed by atoms with Gasteiger partial charge in [-0.3, -0.25) is 0 Å². The summed E-state index contributed by atoms with van der Waals surface area (Å²) in [4.78, 5) is 4.67. The number of fused-ring (bicyclic) bond motifs is 1. The molecule has 18 heavy (non-hydrogen) atoms. The van der Waals surface area contributed by atoms with Gasteiger partial charge in [-0.1, -0.05) is 39.0 Å². The lowest BCUT2D eigenvalue weighted by Gasteiger charge is -2.13. The molecule has 2 aromatic heterocycles. The van der Waals surface area contributed by atoms with E-state index in [-0.39, 0.29) is 5.41 Å². The number of nitrogens with zero attached hydrogens (tertiary/aromatic N) is 1. The summed E-state index contributed by atoms with van der Waals surface area (Å²) in [5.74, 6) is 0.850. The minimum atomic E-state index is 0.0922. The van der Waals surface area contributed by atoms with Crippen LogP contribution in [-0.2, 0) is 5.41 Å². The average Bonchev–Trinajstić information content (AvgIpc) is 2.94. The van der Waals surface area contributed by atoms with Crippen molar-refractivity contribution in [3.8, 4) is 11.5 Å². The number of benzene rings is 1. The summed E-state index contributed by atoms with van der Waals surface area (Å²) in [6.07, 6.45) is 0. The third kappa shape index (κ3) is 1.95. The van der Waals surface area contributed by atoms with Crippen LogP contribution in [0.4, 0.5) is 0 Å². The maximum atomic E-state index is 5.82. The Morgan fingerprint density at radius 1 is 1.17 bits per heavy atom. The van der Waals surface area contributed by atoms with Crippen molar-refractivity contribution in [3.63, 3.8) is 0 Å². The zero-order chi connectivity index (χ0) is 12.8.